The standard InChI is InChI=1S/C19H19N5O4S/c25-17(21-11-10-20-15-6-8-16(9-7-15)24(26)27)13-29-19-23-22-18(28-19)12-14-4-2-1-3-5-14/h1-9,20H,10-13H2,(H,21,25). The van der Waals surface area contributed by atoms with Gasteiger partial charge in [-0.15, -0.1) is 10.2 Å². The highest BCUT2D eigenvalue weighted by Gasteiger charge is 2.10. The molecule has 3 rings (SSSR count). The van der Waals surface area contributed by atoms with Crippen molar-refractivity contribution in [1.29, 1.82) is 0 Å². The van der Waals surface area contributed by atoms with Crippen molar-refractivity contribution in [3.05, 3.63) is 76.2 Å². The van der Waals surface area contributed by atoms with Crippen LogP contribution in [0.2, 0.25) is 0 Å². The Labute approximate surface area is 171 Å². The minimum Gasteiger partial charge on any atom is -0.416 e. The molecule has 0 saturated carbocycles. The van der Waals surface area contributed by atoms with Crippen molar-refractivity contribution in [2.75, 3.05) is 24.2 Å². The molecule has 1 heterocycles. The second-order valence-electron chi connectivity index (χ2n) is 5.99. The van der Waals surface area contributed by atoms with Gasteiger partial charge < -0.3 is 15.1 Å². The zero-order valence-corrected chi connectivity index (χ0v) is 16.2. The second-order valence-corrected chi connectivity index (χ2v) is 6.92. The molecule has 0 saturated heterocycles. The minimum absolute atomic E-state index is 0.0360. The Balaban J connectivity index is 1.33. The van der Waals surface area contributed by atoms with Gasteiger partial charge in [0.05, 0.1) is 17.1 Å². The van der Waals surface area contributed by atoms with Gasteiger partial charge in [-0.2, -0.15) is 0 Å². The van der Waals surface area contributed by atoms with E-state index in [9.17, 15) is 14.9 Å². The third-order valence-electron chi connectivity index (χ3n) is 3.83. The third kappa shape index (κ3) is 6.61. The van der Waals surface area contributed by atoms with Crippen molar-refractivity contribution >= 4 is 29.0 Å². The Kier molecular flexibility index (Phi) is 7.17. The summed E-state index contributed by atoms with van der Waals surface area (Å²) in [5, 5.41) is 24.8. The Bertz CT molecular complexity index is 947. The van der Waals surface area contributed by atoms with E-state index in [1.807, 2.05) is 30.3 Å². The quantitative estimate of drug-likeness (QED) is 0.225. The van der Waals surface area contributed by atoms with E-state index in [1.54, 1.807) is 12.1 Å². The maximum atomic E-state index is 11.9. The number of rotatable bonds is 10. The van der Waals surface area contributed by atoms with Gasteiger partial charge in [0, 0.05) is 30.9 Å². The Morgan fingerprint density at radius 3 is 2.55 bits per heavy atom. The molecule has 10 heteroatoms. The molecule has 0 atom stereocenters. The van der Waals surface area contributed by atoms with E-state index in [4.69, 9.17) is 4.42 Å². The molecule has 0 radical (unpaired) electrons. The smallest absolute Gasteiger partial charge is 0.277 e. The largest absolute Gasteiger partial charge is 0.416 e. The number of nitrogens with one attached hydrogen (secondary N) is 2. The first-order valence-electron chi connectivity index (χ1n) is 8.84. The number of hydrogen-bond donors (Lipinski definition) is 2. The first kappa shape index (κ1) is 20.3. The maximum Gasteiger partial charge on any atom is 0.277 e. The topological polar surface area (TPSA) is 123 Å². The third-order valence-corrected chi connectivity index (χ3v) is 4.65. The molecule has 150 valence electrons. The Hall–Kier alpha value is -3.40. The fourth-order valence-electron chi connectivity index (χ4n) is 2.43. The average Bonchev–Trinajstić information content (AvgIpc) is 3.18. The number of carbonyl (C=O) groups excluding carboxylic acids is 1. The molecule has 1 aromatic heterocycles. The Morgan fingerprint density at radius 2 is 1.83 bits per heavy atom. The van der Waals surface area contributed by atoms with Crippen molar-refractivity contribution in [2.24, 2.45) is 0 Å². The predicted molar refractivity (Wildman–Crippen MR) is 109 cm³/mol. The van der Waals surface area contributed by atoms with E-state index in [-0.39, 0.29) is 17.3 Å². The minimum atomic E-state index is -0.449. The van der Waals surface area contributed by atoms with Crippen molar-refractivity contribution < 1.29 is 14.1 Å². The van der Waals surface area contributed by atoms with E-state index >= 15 is 0 Å². The number of hydrogen-bond acceptors (Lipinski definition) is 8. The average molecular weight is 413 g/mol. The zero-order chi connectivity index (χ0) is 20.5. The molecule has 2 N–H and O–H groups in total. The van der Waals surface area contributed by atoms with Crippen LogP contribution in [0.15, 0.2) is 64.2 Å². The fraction of sp³-hybridized carbons (Fsp3) is 0.211. The lowest BCUT2D eigenvalue weighted by molar-refractivity contribution is -0.384. The van der Waals surface area contributed by atoms with Crippen molar-refractivity contribution in [2.45, 2.75) is 11.6 Å². The predicted octanol–water partition coefficient (Wildman–Crippen LogP) is 2.89. The van der Waals surface area contributed by atoms with Gasteiger partial charge in [0.25, 0.3) is 10.9 Å². The number of nitrogens with zero attached hydrogens (tertiary/aromatic N) is 3. The number of aromatic nitrogens is 2. The molecule has 0 bridgehead atoms. The molecule has 0 unspecified atom stereocenters. The van der Waals surface area contributed by atoms with Crippen molar-refractivity contribution in [3.8, 4) is 0 Å². The molecule has 0 fully saturated rings. The van der Waals surface area contributed by atoms with Gasteiger partial charge in [-0.25, -0.2) is 0 Å². The van der Waals surface area contributed by atoms with Gasteiger partial charge in [0.15, 0.2) is 0 Å². The number of nitro benzene ring substituents is 1. The van der Waals surface area contributed by atoms with Gasteiger partial charge in [-0.1, -0.05) is 42.1 Å². The van der Waals surface area contributed by atoms with Gasteiger partial charge >= 0.3 is 0 Å². The summed E-state index contributed by atoms with van der Waals surface area (Å²) in [5.41, 5.74) is 1.86. The normalized spacial score (nSPS) is 10.5. The molecule has 1 amide bonds. The molecule has 29 heavy (non-hydrogen) atoms. The summed E-state index contributed by atoms with van der Waals surface area (Å²) in [6.07, 6.45) is 0.551. The van der Waals surface area contributed by atoms with Crippen LogP contribution in [0, 0.1) is 10.1 Å². The highest BCUT2D eigenvalue weighted by molar-refractivity contribution is 7.99. The van der Waals surface area contributed by atoms with E-state index in [1.165, 1.54) is 23.9 Å². The number of benzene rings is 2. The van der Waals surface area contributed by atoms with Gasteiger partial charge in [0.1, 0.15) is 0 Å². The molecule has 2 aromatic carbocycles. The summed E-state index contributed by atoms with van der Waals surface area (Å²) in [5.74, 6) is 0.527. The second kappa shape index (κ2) is 10.2. The molecular formula is C19H19N5O4S. The van der Waals surface area contributed by atoms with Crippen LogP contribution in [0.3, 0.4) is 0 Å². The monoisotopic (exact) mass is 413 g/mol. The highest BCUT2D eigenvalue weighted by atomic mass is 32.2. The van der Waals surface area contributed by atoms with Crippen LogP contribution in [-0.2, 0) is 11.2 Å². The fourth-order valence-corrected chi connectivity index (χ4v) is 3.04. The van der Waals surface area contributed by atoms with Crippen molar-refractivity contribution in [3.63, 3.8) is 0 Å². The van der Waals surface area contributed by atoms with Crippen LogP contribution in [0.4, 0.5) is 11.4 Å². The lowest BCUT2D eigenvalue weighted by Crippen LogP contribution is -2.30. The van der Waals surface area contributed by atoms with Crippen LogP contribution in [0.1, 0.15) is 11.5 Å². The van der Waals surface area contributed by atoms with Gasteiger partial charge in [-0.3, -0.25) is 14.9 Å². The summed E-state index contributed by atoms with van der Waals surface area (Å²) in [7, 11) is 0. The zero-order valence-electron chi connectivity index (χ0n) is 15.4. The number of nitro groups is 1. The molecule has 9 nitrogen and oxygen atoms in total. The maximum absolute atomic E-state index is 11.9. The lowest BCUT2D eigenvalue weighted by Gasteiger charge is -2.07. The van der Waals surface area contributed by atoms with Gasteiger partial charge in [0.2, 0.25) is 11.8 Å². The summed E-state index contributed by atoms with van der Waals surface area (Å²) < 4.78 is 5.55. The Morgan fingerprint density at radius 1 is 1.07 bits per heavy atom. The van der Waals surface area contributed by atoms with Gasteiger partial charge in [-0.05, 0) is 17.7 Å². The van der Waals surface area contributed by atoms with E-state index < -0.39 is 4.92 Å². The summed E-state index contributed by atoms with van der Waals surface area (Å²) in [6, 6.07) is 15.9. The molecule has 0 aliphatic heterocycles. The number of non-ortho nitro benzene ring substituents is 1. The number of anilines is 1. The molecule has 0 aliphatic rings. The summed E-state index contributed by atoms with van der Waals surface area (Å²) >= 11 is 1.18. The van der Waals surface area contributed by atoms with E-state index in [2.05, 4.69) is 20.8 Å². The van der Waals surface area contributed by atoms with E-state index in [0.717, 1.165) is 11.3 Å². The number of thioether (sulfide) groups is 1. The number of carbonyl (C=O) groups is 1. The molecule has 0 aliphatic carbocycles. The van der Waals surface area contributed by atoms with Crippen LogP contribution in [0.25, 0.3) is 0 Å². The van der Waals surface area contributed by atoms with Crippen LogP contribution in [-0.4, -0.2) is 39.9 Å². The van der Waals surface area contributed by atoms with Crippen LogP contribution in [0.5, 0.6) is 0 Å². The molecule has 3 aromatic rings. The summed E-state index contributed by atoms with van der Waals surface area (Å²) in [6.45, 7) is 0.912. The first-order chi connectivity index (χ1) is 14.1. The number of amides is 1. The first-order valence-corrected chi connectivity index (χ1v) is 9.83. The lowest BCUT2D eigenvalue weighted by atomic mass is 10.2. The SMILES string of the molecule is O=C(CSc1nnc(Cc2ccccc2)o1)NCCNc1ccc([N+](=O)[O-])cc1. The molecule has 0 spiro atoms. The van der Waals surface area contributed by atoms with Crippen LogP contribution >= 0.6 is 11.8 Å². The van der Waals surface area contributed by atoms with Crippen molar-refractivity contribution in [1.82, 2.24) is 15.5 Å². The van der Waals surface area contributed by atoms with Crippen LogP contribution < -0.4 is 10.6 Å². The van der Waals surface area contributed by atoms with E-state index in [0.29, 0.717) is 30.6 Å². The summed E-state index contributed by atoms with van der Waals surface area (Å²) in [4.78, 5) is 22.1. The highest BCUT2D eigenvalue weighted by Crippen LogP contribution is 2.17. The molecular weight excluding hydrogens is 394 g/mol.